The molecule has 1 aliphatic heterocycles. The number of hydrogen-bond acceptors (Lipinski definition) is 4. The summed E-state index contributed by atoms with van der Waals surface area (Å²) in [4.78, 5) is 0. The van der Waals surface area contributed by atoms with Crippen molar-refractivity contribution in [3.05, 3.63) is 12.3 Å². The fourth-order valence-corrected chi connectivity index (χ4v) is 1.98. The average molecular weight is 215 g/mol. The van der Waals surface area contributed by atoms with E-state index in [0.29, 0.717) is 0 Å². The molecule has 0 aromatic carbocycles. The second-order valence-corrected chi connectivity index (χ2v) is 4.37. The van der Waals surface area contributed by atoms with Crippen LogP contribution in [0.25, 0.3) is 0 Å². The second kappa shape index (κ2) is 4.96. The van der Waals surface area contributed by atoms with Gasteiger partial charge in [0.25, 0.3) is 0 Å². The maximum Gasteiger partial charge on any atom is 0.106 e. The monoisotopic (exact) mass is 215 g/mol. The van der Waals surface area contributed by atoms with Gasteiger partial charge in [-0.05, 0) is 13.8 Å². The van der Waals surface area contributed by atoms with Crippen LogP contribution in [0.3, 0.4) is 0 Å². The lowest BCUT2D eigenvalue weighted by Gasteiger charge is -2.26. The number of allylic oxidation sites excluding steroid dienone is 1. The fraction of sp³-hybridized carbons (Fsp3) is 0.818. The summed E-state index contributed by atoms with van der Waals surface area (Å²) in [6.07, 6.45) is -1.13. The average Bonchev–Trinajstić information content (AvgIpc) is 2.44. The molecule has 4 heteroatoms. The van der Waals surface area contributed by atoms with Gasteiger partial charge in [0.15, 0.2) is 0 Å². The molecule has 88 valence electrons. The van der Waals surface area contributed by atoms with Crippen molar-refractivity contribution in [2.75, 3.05) is 6.61 Å². The SMILES string of the molecule is C=C(C)NC1C(C)C(C)OC1C(O)CO. The summed E-state index contributed by atoms with van der Waals surface area (Å²) in [6.45, 7) is 9.42. The zero-order valence-corrected chi connectivity index (χ0v) is 9.60. The predicted molar refractivity (Wildman–Crippen MR) is 58.3 cm³/mol. The van der Waals surface area contributed by atoms with Crippen molar-refractivity contribution in [2.45, 2.75) is 45.1 Å². The summed E-state index contributed by atoms with van der Waals surface area (Å²) >= 11 is 0. The van der Waals surface area contributed by atoms with Crippen molar-refractivity contribution >= 4 is 0 Å². The number of hydrogen-bond donors (Lipinski definition) is 3. The molecular formula is C11H21NO3. The van der Waals surface area contributed by atoms with Gasteiger partial charge in [-0.1, -0.05) is 13.5 Å². The molecule has 0 spiro atoms. The van der Waals surface area contributed by atoms with Crippen LogP contribution in [0, 0.1) is 5.92 Å². The third kappa shape index (κ3) is 2.71. The van der Waals surface area contributed by atoms with Crippen molar-refractivity contribution in [1.82, 2.24) is 5.32 Å². The minimum Gasteiger partial charge on any atom is -0.394 e. The minimum atomic E-state index is -0.839. The van der Waals surface area contributed by atoms with Gasteiger partial charge in [-0.3, -0.25) is 0 Å². The van der Waals surface area contributed by atoms with Gasteiger partial charge in [0.05, 0.1) is 18.8 Å². The molecule has 0 bridgehead atoms. The molecule has 15 heavy (non-hydrogen) atoms. The van der Waals surface area contributed by atoms with Gasteiger partial charge in [0.2, 0.25) is 0 Å². The highest BCUT2D eigenvalue weighted by Gasteiger charge is 2.42. The molecule has 1 aliphatic rings. The maximum absolute atomic E-state index is 9.63. The highest BCUT2D eigenvalue weighted by molar-refractivity contribution is 5.00. The zero-order valence-electron chi connectivity index (χ0n) is 9.60. The van der Waals surface area contributed by atoms with Crippen LogP contribution < -0.4 is 5.32 Å². The Balaban J connectivity index is 2.72. The summed E-state index contributed by atoms with van der Waals surface area (Å²) in [6, 6.07) is 0.0136. The molecular weight excluding hydrogens is 194 g/mol. The standard InChI is InChI=1S/C11H21NO3/c1-6(2)12-10-7(3)8(4)15-11(10)9(14)5-13/h7-14H,1,5H2,2-4H3. The Morgan fingerprint density at radius 3 is 2.60 bits per heavy atom. The van der Waals surface area contributed by atoms with Crippen LogP contribution >= 0.6 is 0 Å². The van der Waals surface area contributed by atoms with E-state index in [4.69, 9.17) is 9.84 Å². The summed E-state index contributed by atoms with van der Waals surface area (Å²) < 4.78 is 5.63. The Bertz CT molecular complexity index is 232. The first kappa shape index (κ1) is 12.5. The zero-order chi connectivity index (χ0) is 11.6. The van der Waals surface area contributed by atoms with E-state index in [1.807, 2.05) is 13.8 Å². The van der Waals surface area contributed by atoms with Gasteiger partial charge in [-0.2, -0.15) is 0 Å². The van der Waals surface area contributed by atoms with Crippen LogP contribution in [-0.4, -0.2) is 41.2 Å². The van der Waals surface area contributed by atoms with Crippen LogP contribution in [0.15, 0.2) is 12.3 Å². The quantitative estimate of drug-likeness (QED) is 0.629. The van der Waals surface area contributed by atoms with Crippen LogP contribution in [0.2, 0.25) is 0 Å². The number of ether oxygens (including phenoxy) is 1. The third-order valence-electron chi connectivity index (χ3n) is 3.01. The van der Waals surface area contributed by atoms with Crippen LogP contribution in [0.5, 0.6) is 0 Å². The van der Waals surface area contributed by atoms with Gasteiger partial charge >= 0.3 is 0 Å². The summed E-state index contributed by atoms with van der Waals surface area (Å²) in [5, 5.41) is 21.8. The lowest BCUT2D eigenvalue weighted by atomic mass is 9.94. The molecule has 1 saturated heterocycles. The molecule has 3 N–H and O–H groups in total. The normalized spacial score (nSPS) is 37.7. The van der Waals surface area contributed by atoms with E-state index in [9.17, 15) is 5.11 Å². The Hall–Kier alpha value is -0.580. The Labute approximate surface area is 90.9 Å². The van der Waals surface area contributed by atoms with Crippen LogP contribution in [-0.2, 0) is 4.74 Å². The van der Waals surface area contributed by atoms with Gasteiger partial charge in [0, 0.05) is 11.6 Å². The lowest BCUT2D eigenvalue weighted by Crippen LogP contribution is -2.46. The predicted octanol–water partition coefficient (Wildman–Crippen LogP) is 0.255. The topological polar surface area (TPSA) is 61.7 Å². The first-order valence-corrected chi connectivity index (χ1v) is 5.33. The molecule has 1 heterocycles. The van der Waals surface area contributed by atoms with E-state index in [2.05, 4.69) is 18.8 Å². The molecule has 4 nitrogen and oxygen atoms in total. The third-order valence-corrected chi connectivity index (χ3v) is 3.01. The van der Waals surface area contributed by atoms with E-state index >= 15 is 0 Å². The largest absolute Gasteiger partial charge is 0.394 e. The number of nitrogens with one attached hydrogen (secondary N) is 1. The molecule has 1 rings (SSSR count). The first-order valence-electron chi connectivity index (χ1n) is 5.33. The fourth-order valence-electron chi connectivity index (χ4n) is 1.98. The minimum absolute atomic E-state index is 0.0136. The smallest absolute Gasteiger partial charge is 0.106 e. The highest BCUT2D eigenvalue weighted by Crippen LogP contribution is 2.28. The number of rotatable bonds is 4. The molecule has 0 saturated carbocycles. The van der Waals surface area contributed by atoms with Crippen LogP contribution in [0.4, 0.5) is 0 Å². The Morgan fingerprint density at radius 2 is 2.13 bits per heavy atom. The molecule has 0 aromatic rings. The van der Waals surface area contributed by atoms with E-state index in [1.165, 1.54) is 0 Å². The number of aliphatic hydroxyl groups excluding tert-OH is 2. The molecule has 0 aromatic heterocycles. The van der Waals surface area contributed by atoms with E-state index in [-0.39, 0.29) is 30.8 Å². The summed E-state index contributed by atoms with van der Waals surface area (Å²) in [7, 11) is 0. The van der Waals surface area contributed by atoms with E-state index < -0.39 is 6.10 Å². The van der Waals surface area contributed by atoms with Crippen molar-refractivity contribution in [2.24, 2.45) is 5.92 Å². The van der Waals surface area contributed by atoms with Gasteiger partial charge in [0.1, 0.15) is 12.2 Å². The highest BCUT2D eigenvalue weighted by atomic mass is 16.5. The van der Waals surface area contributed by atoms with Gasteiger partial charge in [-0.25, -0.2) is 0 Å². The molecule has 0 radical (unpaired) electrons. The Kier molecular flexibility index (Phi) is 4.13. The summed E-state index contributed by atoms with van der Waals surface area (Å²) in [5.74, 6) is 0.285. The molecule has 5 unspecified atom stereocenters. The number of aliphatic hydroxyl groups is 2. The molecule has 5 atom stereocenters. The van der Waals surface area contributed by atoms with E-state index in [1.54, 1.807) is 0 Å². The second-order valence-electron chi connectivity index (χ2n) is 4.37. The van der Waals surface area contributed by atoms with E-state index in [0.717, 1.165) is 5.70 Å². The van der Waals surface area contributed by atoms with Gasteiger partial charge in [-0.15, -0.1) is 0 Å². The van der Waals surface area contributed by atoms with Crippen molar-refractivity contribution in [3.63, 3.8) is 0 Å². The lowest BCUT2D eigenvalue weighted by molar-refractivity contribution is -0.0560. The van der Waals surface area contributed by atoms with Crippen molar-refractivity contribution in [1.29, 1.82) is 0 Å². The summed E-state index contributed by atoms with van der Waals surface area (Å²) in [5.41, 5.74) is 0.847. The van der Waals surface area contributed by atoms with Crippen molar-refractivity contribution < 1.29 is 14.9 Å². The maximum atomic E-state index is 9.63. The Morgan fingerprint density at radius 1 is 1.53 bits per heavy atom. The molecule has 0 amide bonds. The van der Waals surface area contributed by atoms with Gasteiger partial charge < -0.3 is 20.3 Å². The molecule has 0 aliphatic carbocycles. The van der Waals surface area contributed by atoms with Crippen molar-refractivity contribution in [3.8, 4) is 0 Å². The molecule has 1 fully saturated rings. The van der Waals surface area contributed by atoms with Crippen LogP contribution in [0.1, 0.15) is 20.8 Å². The first-order chi connectivity index (χ1) is 6.97.